The third-order valence-electron chi connectivity index (χ3n) is 2.99. The zero-order chi connectivity index (χ0) is 15.3. The topological polar surface area (TPSA) is 71.3 Å². The van der Waals surface area contributed by atoms with Crippen molar-refractivity contribution in [1.82, 2.24) is 10.0 Å². The Morgan fingerprint density at radius 1 is 1.33 bits per heavy atom. The second-order valence-electron chi connectivity index (χ2n) is 4.77. The lowest BCUT2D eigenvalue weighted by atomic mass is 10.4. The molecule has 0 saturated carbocycles. The van der Waals surface area contributed by atoms with Crippen LogP contribution in [-0.4, -0.2) is 15.0 Å². The van der Waals surface area contributed by atoms with E-state index < -0.39 is 10.0 Å². The van der Waals surface area contributed by atoms with E-state index in [1.54, 1.807) is 12.1 Å². The van der Waals surface area contributed by atoms with Gasteiger partial charge in [0.25, 0.3) is 0 Å². The number of rotatable bonds is 8. The molecule has 0 atom stereocenters. The Kier molecular flexibility index (Phi) is 5.58. The molecular weight excluding hydrogens is 308 g/mol. The average Bonchev–Trinajstić information content (AvgIpc) is 3.07. The molecule has 2 aromatic heterocycles. The van der Waals surface area contributed by atoms with Crippen LogP contribution >= 0.6 is 11.3 Å². The molecule has 0 radical (unpaired) electrons. The van der Waals surface area contributed by atoms with Crippen molar-refractivity contribution in [1.29, 1.82) is 0 Å². The van der Waals surface area contributed by atoms with Gasteiger partial charge in [0.2, 0.25) is 10.0 Å². The van der Waals surface area contributed by atoms with E-state index in [0.29, 0.717) is 11.4 Å². The fourth-order valence-corrected chi connectivity index (χ4v) is 4.54. The lowest BCUT2D eigenvalue weighted by molar-refractivity contribution is 0.561. The average molecular weight is 328 g/mol. The number of aryl methyl sites for hydroxylation is 1. The molecule has 0 aliphatic rings. The molecule has 2 N–H and O–H groups in total. The van der Waals surface area contributed by atoms with Gasteiger partial charge in [0.05, 0.1) is 17.4 Å². The molecule has 0 amide bonds. The first-order valence-corrected chi connectivity index (χ1v) is 9.13. The van der Waals surface area contributed by atoms with Crippen molar-refractivity contribution in [3.8, 4) is 0 Å². The fraction of sp³-hybridized carbons (Fsp3) is 0.429. The van der Waals surface area contributed by atoms with Crippen molar-refractivity contribution >= 4 is 21.4 Å². The third kappa shape index (κ3) is 4.41. The predicted octanol–water partition coefficient (Wildman–Crippen LogP) is 2.63. The number of nitrogens with one attached hydrogen (secondary N) is 2. The van der Waals surface area contributed by atoms with E-state index in [1.165, 1.54) is 23.9 Å². The summed E-state index contributed by atoms with van der Waals surface area (Å²) in [5.41, 5.74) is 0.802. The van der Waals surface area contributed by atoms with Crippen molar-refractivity contribution in [2.45, 2.75) is 38.3 Å². The Bertz CT molecular complexity index is 660. The third-order valence-corrected chi connectivity index (χ3v) is 5.69. The largest absolute Gasteiger partial charge is 0.472 e. The molecule has 0 aromatic carbocycles. The van der Waals surface area contributed by atoms with E-state index in [4.69, 9.17) is 4.42 Å². The van der Waals surface area contributed by atoms with Crippen LogP contribution in [0.2, 0.25) is 0 Å². The number of hydrogen-bond donors (Lipinski definition) is 2. The SMILES string of the molecule is CCCNCc1cc(S(=O)(=O)NCc2ccoc2)c(C)s1. The first-order chi connectivity index (χ1) is 10.0. The van der Waals surface area contributed by atoms with E-state index in [0.717, 1.165) is 28.3 Å². The van der Waals surface area contributed by atoms with Gasteiger partial charge in [0.1, 0.15) is 0 Å². The van der Waals surface area contributed by atoms with Crippen molar-refractivity contribution < 1.29 is 12.8 Å². The number of hydrogen-bond acceptors (Lipinski definition) is 5. The summed E-state index contributed by atoms with van der Waals surface area (Å²) in [7, 11) is -3.49. The number of thiophene rings is 1. The number of sulfonamides is 1. The van der Waals surface area contributed by atoms with Crippen LogP contribution in [0, 0.1) is 6.92 Å². The van der Waals surface area contributed by atoms with Crippen LogP contribution in [0.3, 0.4) is 0 Å². The smallest absolute Gasteiger partial charge is 0.241 e. The molecule has 0 saturated heterocycles. The summed E-state index contributed by atoms with van der Waals surface area (Å²) in [6.45, 7) is 5.80. The van der Waals surface area contributed by atoms with Crippen LogP contribution in [0.4, 0.5) is 0 Å². The molecule has 0 fully saturated rings. The highest BCUT2D eigenvalue weighted by atomic mass is 32.2. The molecule has 0 spiro atoms. The van der Waals surface area contributed by atoms with Gasteiger partial charge in [-0.1, -0.05) is 6.92 Å². The number of furan rings is 1. The summed E-state index contributed by atoms with van der Waals surface area (Å²) < 4.78 is 32.2. The van der Waals surface area contributed by atoms with Crippen molar-refractivity contribution in [3.05, 3.63) is 40.0 Å². The first kappa shape index (κ1) is 16.2. The van der Waals surface area contributed by atoms with Crippen molar-refractivity contribution in [3.63, 3.8) is 0 Å². The zero-order valence-corrected chi connectivity index (χ0v) is 13.8. The quantitative estimate of drug-likeness (QED) is 0.731. The van der Waals surface area contributed by atoms with Crippen LogP contribution in [0.5, 0.6) is 0 Å². The second kappa shape index (κ2) is 7.22. The van der Waals surface area contributed by atoms with Crippen molar-refractivity contribution in [2.24, 2.45) is 0 Å². The van der Waals surface area contributed by atoms with Gasteiger partial charge in [0.15, 0.2) is 0 Å². The highest BCUT2D eigenvalue weighted by molar-refractivity contribution is 7.89. The summed E-state index contributed by atoms with van der Waals surface area (Å²) in [5.74, 6) is 0. The van der Waals surface area contributed by atoms with Crippen LogP contribution in [0.1, 0.15) is 28.7 Å². The van der Waals surface area contributed by atoms with Gasteiger partial charge in [-0.3, -0.25) is 0 Å². The minimum atomic E-state index is -3.49. The summed E-state index contributed by atoms with van der Waals surface area (Å²) in [5, 5.41) is 3.28. The molecule has 5 nitrogen and oxygen atoms in total. The first-order valence-electron chi connectivity index (χ1n) is 6.83. The molecule has 2 aromatic rings. The van der Waals surface area contributed by atoms with Crippen LogP contribution in [-0.2, 0) is 23.1 Å². The van der Waals surface area contributed by atoms with Gasteiger partial charge < -0.3 is 9.73 Å². The van der Waals surface area contributed by atoms with E-state index >= 15 is 0 Å². The maximum absolute atomic E-state index is 12.3. The molecule has 0 aliphatic carbocycles. The minimum Gasteiger partial charge on any atom is -0.472 e. The molecule has 0 aliphatic heterocycles. The van der Waals surface area contributed by atoms with E-state index in [1.807, 2.05) is 6.92 Å². The van der Waals surface area contributed by atoms with Gasteiger partial charge in [-0.15, -0.1) is 11.3 Å². The minimum absolute atomic E-state index is 0.234. The molecular formula is C14H20N2O3S2. The Labute approximate surface area is 129 Å². The standard InChI is InChI=1S/C14H20N2O3S2/c1-3-5-15-9-13-7-14(11(2)20-13)21(17,18)16-8-12-4-6-19-10-12/h4,6-7,10,15-16H,3,5,8-9H2,1-2H3. The zero-order valence-electron chi connectivity index (χ0n) is 12.2. The highest BCUT2D eigenvalue weighted by Crippen LogP contribution is 2.25. The highest BCUT2D eigenvalue weighted by Gasteiger charge is 2.19. The maximum Gasteiger partial charge on any atom is 0.241 e. The lowest BCUT2D eigenvalue weighted by Gasteiger charge is -2.04. The van der Waals surface area contributed by atoms with E-state index in [-0.39, 0.29) is 6.54 Å². The second-order valence-corrected chi connectivity index (χ2v) is 7.84. The molecule has 2 rings (SSSR count). The molecule has 2 heterocycles. The van der Waals surface area contributed by atoms with Gasteiger partial charge in [0, 0.05) is 28.4 Å². The van der Waals surface area contributed by atoms with Gasteiger partial charge in [-0.25, -0.2) is 13.1 Å². The van der Waals surface area contributed by atoms with Gasteiger partial charge in [-0.2, -0.15) is 0 Å². The lowest BCUT2D eigenvalue weighted by Crippen LogP contribution is -2.23. The Balaban J connectivity index is 2.05. The monoisotopic (exact) mass is 328 g/mol. The van der Waals surface area contributed by atoms with E-state index in [9.17, 15) is 8.42 Å². The maximum atomic E-state index is 12.3. The van der Waals surface area contributed by atoms with Crippen molar-refractivity contribution in [2.75, 3.05) is 6.54 Å². The summed E-state index contributed by atoms with van der Waals surface area (Å²) in [4.78, 5) is 2.21. The molecule has 0 unspecified atom stereocenters. The van der Waals surface area contributed by atoms with Gasteiger partial charge >= 0.3 is 0 Å². The molecule has 21 heavy (non-hydrogen) atoms. The summed E-state index contributed by atoms with van der Waals surface area (Å²) in [6.07, 6.45) is 4.11. The van der Waals surface area contributed by atoms with Crippen LogP contribution < -0.4 is 10.0 Å². The summed E-state index contributed by atoms with van der Waals surface area (Å²) >= 11 is 1.51. The van der Waals surface area contributed by atoms with Gasteiger partial charge in [-0.05, 0) is 32.0 Å². The Morgan fingerprint density at radius 3 is 2.81 bits per heavy atom. The normalized spacial score (nSPS) is 11.9. The fourth-order valence-electron chi connectivity index (χ4n) is 1.92. The predicted molar refractivity (Wildman–Crippen MR) is 83.8 cm³/mol. The summed E-state index contributed by atoms with van der Waals surface area (Å²) in [6, 6.07) is 3.49. The van der Waals surface area contributed by atoms with Crippen LogP contribution in [0.15, 0.2) is 34.0 Å². The molecule has 0 bridgehead atoms. The Hall–Kier alpha value is -1.15. The van der Waals surface area contributed by atoms with Crippen LogP contribution in [0.25, 0.3) is 0 Å². The van der Waals surface area contributed by atoms with E-state index in [2.05, 4.69) is 17.0 Å². The Morgan fingerprint density at radius 2 is 2.14 bits per heavy atom. The molecule has 7 heteroatoms. The molecule has 116 valence electrons.